The minimum Gasteiger partial charge on any atom is -0.488 e. The zero-order valence-electron chi connectivity index (χ0n) is 18.1. The number of hydrogen-bond donors (Lipinski definition) is 1. The van der Waals surface area contributed by atoms with Crippen molar-refractivity contribution >= 4 is 45.5 Å². The summed E-state index contributed by atoms with van der Waals surface area (Å²) in [5, 5.41) is 2.25. The fraction of sp³-hybridized carbons (Fsp3) is 0.115. The van der Waals surface area contributed by atoms with Gasteiger partial charge >= 0.3 is 6.03 Å². The van der Waals surface area contributed by atoms with Gasteiger partial charge in [0.15, 0.2) is 0 Å². The van der Waals surface area contributed by atoms with Gasteiger partial charge in [-0.2, -0.15) is 0 Å². The molecule has 4 amide bonds. The Kier molecular flexibility index (Phi) is 6.42. The Morgan fingerprint density at radius 3 is 2.21 bits per heavy atom. The Morgan fingerprint density at radius 1 is 0.909 bits per heavy atom. The summed E-state index contributed by atoms with van der Waals surface area (Å²) >= 11 is 3.43. The van der Waals surface area contributed by atoms with Crippen molar-refractivity contribution in [3.63, 3.8) is 0 Å². The number of ether oxygens (including phenoxy) is 1. The second kappa shape index (κ2) is 9.42. The van der Waals surface area contributed by atoms with E-state index in [1.807, 2.05) is 44.2 Å². The fourth-order valence-electron chi connectivity index (χ4n) is 3.35. The Balaban J connectivity index is 1.66. The van der Waals surface area contributed by atoms with Crippen LogP contribution < -0.4 is 15.0 Å². The van der Waals surface area contributed by atoms with E-state index in [9.17, 15) is 14.4 Å². The molecule has 0 unspecified atom stereocenters. The van der Waals surface area contributed by atoms with Crippen molar-refractivity contribution in [2.24, 2.45) is 0 Å². The molecule has 1 fully saturated rings. The van der Waals surface area contributed by atoms with Crippen molar-refractivity contribution in [3.8, 4) is 5.75 Å². The summed E-state index contributed by atoms with van der Waals surface area (Å²) in [7, 11) is 0. The summed E-state index contributed by atoms with van der Waals surface area (Å²) in [5.41, 5.74) is 3.89. The van der Waals surface area contributed by atoms with E-state index >= 15 is 0 Å². The highest BCUT2D eigenvalue weighted by Crippen LogP contribution is 2.29. The number of carbonyl (C=O) groups is 3. The minimum atomic E-state index is -0.781. The molecule has 0 bridgehead atoms. The van der Waals surface area contributed by atoms with Gasteiger partial charge in [-0.05, 0) is 55.8 Å². The summed E-state index contributed by atoms with van der Waals surface area (Å²) < 4.78 is 6.74. The number of aryl methyl sites for hydroxylation is 2. The number of nitrogens with one attached hydrogen (secondary N) is 1. The molecular formula is C26H21BrN2O4. The topological polar surface area (TPSA) is 75.7 Å². The van der Waals surface area contributed by atoms with Crippen LogP contribution in [0.4, 0.5) is 10.5 Å². The van der Waals surface area contributed by atoms with E-state index in [1.165, 1.54) is 6.08 Å². The van der Waals surface area contributed by atoms with Crippen LogP contribution in [0.15, 0.2) is 76.8 Å². The molecule has 33 heavy (non-hydrogen) atoms. The number of hydrogen-bond acceptors (Lipinski definition) is 4. The molecule has 0 aromatic heterocycles. The van der Waals surface area contributed by atoms with Crippen LogP contribution >= 0.6 is 15.9 Å². The molecule has 0 saturated carbocycles. The molecule has 0 aliphatic carbocycles. The number of imide groups is 2. The van der Waals surface area contributed by atoms with E-state index in [-0.39, 0.29) is 5.57 Å². The number of anilines is 1. The third-order valence-corrected chi connectivity index (χ3v) is 5.67. The first-order valence-corrected chi connectivity index (χ1v) is 11.1. The van der Waals surface area contributed by atoms with E-state index in [0.717, 1.165) is 26.1 Å². The zero-order valence-corrected chi connectivity index (χ0v) is 19.7. The van der Waals surface area contributed by atoms with Crippen LogP contribution in [-0.2, 0) is 16.2 Å². The molecule has 1 heterocycles. The van der Waals surface area contributed by atoms with Crippen molar-refractivity contribution in [2.75, 3.05) is 4.90 Å². The number of rotatable bonds is 5. The predicted molar refractivity (Wildman–Crippen MR) is 130 cm³/mol. The molecule has 3 aromatic rings. The van der Waals surface area contributed by atoms with Crippen LogP contribution in [0.3, 0.4) is 0 Å². The van der Waals surface area contributed by atoms with Crippen molar-refractivity contribution in [2.45, 2.75) is 20.5 Å². The second-order valence-corrected chi connectivity index (χ2v) is 8.67. The molecule has 1 aliphatic heterocycles. The Labute approximate surface area is 200 Å². The summed E-state index contributed by atoms with van der Waals surface area (Å²) in [4.78, 5) is 39.1. The first-order valence-electron chi connectivity index (χ1n) is 10.3. The minimum absolute atomic E-state index is 0.159. The average Bonchev–Trinajstić information content (AvgIpc) is 2.78. The van der Waals surface area contributed by atoms with Gasteiger partial charge in [-0.1, -0.05) is 63.5 Å². The second-order valence-electron chi connectivity index (χ2n) is 7.75. The van der Waals surface area contributed by atoms with Crippen LogP contribution in [0.5, 0.6) is 5.75 Å². The highest BCUT2D eigenvalue weighted by atomic mass is 79.9. The number of benzene rings is 3. The Morgan fingerprint density at radius 2 is 1.55 bits per heavy atom. The molecular weight excluding hydrogens is 484 g/mol. The standard InChI is InChI=1S/C26H21BrN2O4/c1-16-3-7-18(8-4-16)15-33-23-12-9-20(27)13-19(23)14-22-24(30)28-26(32)29(25(22)31)21-10-5-17(2)6-11-21/h3-14H,15H2,1-2H3,(H,28,30,32)/b22-14+. The first kappa shape index (κ1) is 22.5. The lowest BCUT2D eigenvalue weighted by Gasteiger charge is -2.26. The smallest absolute Gasteiger partial charge is 0.335 e. The summed E-state index contributed by atoms with van der Waals surface area (Å²) in [6, 6.07) is 19.4. The normalized spacial score (nSPS) is 15.1. The van der Waals surface area contributed by atoms with Gasteiger partial charge in [-0.15, -0.1) is 0 Å². The fourth-order valence-corrected chi connectivity index (χ4v) is 3.73. The van der Waals surface area contributed by atoms with E-state index in [4.69, 9.17) is 4.74 Å². The monoisotopic (exact) mass is 504 g/mol. The van der Waals surface area contributed by atoms with E-state index < -0.39 is 17.8 Å². The maximum absolute atomic E-state index is 13.2. The molecule has 4 rings (SSSR count). The molecule has 0 spiro atoms. The van der Waals surface area contributed by atoms with E-state index in [1.54, 1.807) is 36.4 Å². The van der Waals surface area contributed by atoms with Gasteiger partial charge in [0.2, 0.25) is 0 Å². The van der Waals surface area contributed by atoms with Crippen LogP contribution in [0.25, 0.3) is 6.08 Å². The molecule has 7 heteroatoms. The number of nitrogens with zero attached hydrogens (tertiary/aromatic N) is 1. The third-order valence-electron chi connectivity index (χ3n) is 5.18. The highest BCUT2D eigenvalue weighted by Gasteiger charge is 2.37. The van der Waals surface area contributed by atoms with Crippen LogP contribution in [0, 0.1) is 13.8 Å². The van der Waals surface area contributed by atoms with Crippen LogP contribution in [0.2, 0.25) is 0 Å². The van der Waals surface area contributed by atoms with E-state index in [0.29, 0.717) is 23.6 Å². The summed E-state index contributed by atoms with van der Waals surface area (Å²) in [6.07, 6.45) is 1.44. The Hall–Kier alpha value is -3.71. The molecule has 6 nitrogen and oxygen atoms in total. The van der Waals surface area contributed by atoms with Crippen molar-refractivity contribution in [3.05, 3.63) is 99.0 Å². The number of carbonyl (C=O) groups excluding carboxylic acids is 3. The third kappa shape index (κ3) is 5.04. The zero-order chi connectivity index (χ0) is 23.5. The number of halogens is 1. The maximum Gasteiger partial charge on any atom is 0.335 e. The lowest BCUT2D eigenvalue weighted by atomic mass is 10.1. The van der Waals surface area contributed by atoms with Gasteiger partial charge in [0.05, 0.1) is 5.69 Å². The quantitative estimate of drug-likeness (QED) is 0.377. The molecule has 1 aliphatic rings. The molecule has 0 atom stereocenters. The largest absolute Gasteiger partial charge is 0.488 e. The molecule has 0 radical (unpaired) electrons. The van der Waals surface area contributed by atoms with Gasteiger partial charge in [0, 0.05) is 10.0 Å². The molecule has 1 N–H and O–H groups in total. The number of urea groups is 1. The van der Waals surface area contributed by atoms with Crippen LogP contribution in [0.1, 0.15) is 22.3 Å². The van der Waals surface area contributed by atoms with Gasteiger partial charge in [0.1, 0.15) is 17.9 Å². The van der Waals surface area contributed by atoms with Gasteiger partial charge in [-0.25, -0.2) is 9.69 Å². The SMILES string of the molecule is Cc1ccc(COc2ccc(Br)cc2/C=C2\C(=O)NC(=O)N(c3ccc(C)cc3)C2=O)cc1. The summed E-state index contributed by atoms with van der Waals surface area (Å²) in [5.74, 6) is -0.944. The number of amides is 4. The van der Waals surface area contributed by atoms with E-state index in [2.05, 4.69) is 21.2 Å². The van der Waals surface area contributed by atoms with Gasteiger partial charge in [-0.3, -0.25) is 14.9 Å². The van der Waals surface area contributed by atoms with Gasteiger partial charge in [0.25, 0.3) is 11.8 Å². The number of barbiturate groups is 1. The average molecular weight is 505 g/mol. The summed E-state index contributed by atoms with van der Waals surface area (Å²) in [6.45, 7) is 4.24. The highest BCUT2D eigenvalue weighted by molar-refractivity contribution is 9.10. The van der Waals surface area contributed by atoms with Crippen molar-refractivity contribution in [1.82, 2.24) is 5.32 Å². The molecule has 166 valence electrons. The van der Waals surface area contributed by atoms with Gasteiger partial charge < -0.3 is 4.74 Å². The molecule has 1 saturated heterocycles. The van der Waals surface area contributed by atoms with Crippen LogP contribution in [-0.4, -0.2) is 17.8 Å². The Bertz CT molecular complexity index is 1260. The van der Waals surface area contributed by atoms with Crippen molar-refractivity contribution < 1.29 is 19.1 Å². The lowest BCUT2D eigenvalue weighted by Crippen LogP contribution is -2.54. The first-order chi connectivity index (χ1) is 15.8. The lowest BCUT2D eigenvalue weighted by molar-refractivity contribution is -0.122. The molecule has 3 aromatic carbocycles. The van der Waals surface area contributed by atoms with Crippen molar-refractivity contribution in [1.29, 1.82) is 0 Å². The maximum atomic E-state index is 13.2. The predicted octanol–water partition coefficient (Wildman–Crippen LogP) is 5.31.